The van der Waals surface area contributed by atoms with Crippen molar-refractivity contribution in [2.75, 3.05) is 11.1 Å². The fourth-order valence-electron chi connectivity index (χ4n) is 1.42. The molecule has 0 unspecified atom stereocenters. The molecular weight excluding hydrogens is 234 g/mol. The number of aromatic hydroxyl groups is 2. The standard InChI is InChI=1S/C12H11N3O3/c13-7-4-5-10(14-6-7)15-12(18)11-8(16)2-1-3-9(11)17/h1-6,16-17H,13H2,(H,14,15,18). The number of benzene rings is 1. The maximum atomic E-state index is 11.8. The molecule has 0 saturated heterocycles. The Hall–Kier alpha value is -2.76. The van der Waals surface area contributed by atoms with E-state index in [1.54, 1.807) is 6.07 Å². The molecule has 0 saturated carbocycles. The van der Waals surface area contributed by atoms with Gasteiger partial charge in [-0.25, -0.2) is 4.98 Å². The normalized spacial score (nSPS) is 10.0. The van der Waals surface area contributed by atoms with Crippen LogP contribution in [0.1, 0.15) is 10.4 Å². The molecular formula is C12H11N3O3. The lowest BCUT2D eigenvalue weighted by Crippen LogP contribution is -2.13. The number of hydrogen-bond acceptors (Lipinski definition) is 5. The molecule has 18 heavy (non-hydrogen) atoms. The van der Waals surface area contributed by atoms with Crippen molar-refractivity contribution in [1.29, 1.82) is 0 Å². The number of hydrogen-bond donors (Lipinski definition) is 4. The predicted molar refractivity (Wildman–Crippen MR) is 66.4 cm³/mol. The fourth-order valence-corrected chi connectivity index (χ4v) is 1.42. The van der Waals surface area contributed by atoms with Gasteiger partial charge in [0.1, 0.15) is 22.9 Å². The van der Waals surface area contributed by atoms with E-state index in [4.69, 9.17) is 5.73 Å². The van der Waals surface area contributed by atoms with Crippen LogP contribution in [-0.2, 0) is 0 Å². The minimum Gasteiger partial charge on any atom is -0.507 e. The third-order valence-electron chi connectivity index (χ3n) is 2.28. The summed E-state index contributed by atoms with van der Waals surface area (Å²) in [6.45, 7) is 0. The van der Waals surface area contributed by atoms with Gasteiger partial charge in [-0.2, -0.15) is 0 Å². The Bertz CT molecular complexity index is 561. The monoisotopic (exact) mass is 245 g/mol. The number of carbonyl (C=O) groups excluding carboxylic acids is 1. The number of nitrogens with two attached hydrogens (primary N) is 1. The lowest BCUT2D eigenvalue weighted by Gasteiger charge is -2.07. The topological polar surface area (TPSA) is 108 Å². The lowest BCUT2D eigenvalue weighted by molar-refractivity contribution is 0.102. The Morgan fingerprint density at radius 1 is 1.17 bits per heavy atom. The Morgan fingerprint density at radius 2 is 1.83 bits per heavy atom. The summed E-state index contributed by atoms with van der Waals surface area (Å²) in [6, 6.07) is 7.15. The van der Waals surface area contributed by atoms with E-state index >= 15 is 0 Å². The van der Waals surface area contributed by atoms with Gasteiger partial charge in [-0.05, 0) is 24.3 Å². The number of pyridine rings is 1. The van der Waals surface area contributed by atoms with Crippen LogP contribution in [-0.4, -0.2) is 21.1 Å². The van der Waals surface area contributed by atoms with Gasteiger partial charge in [0.15, 0.2) is 0 Å². The number of nitrogens with one attached hydrogen (secondary N) is 1. The minimum absolute atomic E-state index is 0.198. The van der Waals surface area contributed by atoms with Gasteiger partial charge in [0.25, 0.3) is 5.91 Å². The summed E-state index contributed by atoms with van der Waals surface area (Å²) in [6.07, 6.45) is 1.39. The van der Waals surface area contributed by atoms with E-state index in [0.717, 1.165) is 0 Å². The summed E-state index contributed by atoms with van der Waals surface area (Å²) in [4.78, 5) is 15.7. The first-order valence-corrected chi connectivity index (χ1v) is 5.12. The van der Waals surface area contributed by atoms with Crippen LogP contribution >= 0.6 is 0 Å². The molecule has 0 aliphatic carbocycles. The third-order valence-corrected chi connectivity index (χ3v) is 2.28. The van der Waals surface area contributed by atoms with E-state index < -0.39 is 5.91 Å². The van der Waals surface area contributed by atoms with Crippen molar-refractivity contribution >= 4 is 17.4 Å². The van der Waals surface area contributed by atoms with E-state index in [9.17, 15) is 15.0 Å². The molecule has 0 radical (unpaired) electrons. The molecule has 2 rings (SSSR count). The van der Waals surface area contributed by atoms with Gasteiger partial charge in [0, 0.05) is 0 Å². The second kappa shape index (κ2) is 4.62. The number of phenols is 2. The first-order chi connectivity index (χ1) is 8.58. The quantitative estimate of drug-likeness (QED) is 0.638. The molecule has 1 aromatic carbocycles. The summed E-state index contributed by atoms with van der Waals surface area (Å²) in [5, 5.41) is 21.5. The van der Waals surface area contributed by atoms with Crippen molar-refractivity contribution in [3.63, 3.8) is 0 Å². The molecule has 2 aromatic rings. The average molecular weight is 245 g/mol. The highest BCUT2D eigenvalue weighted by molar-refractivity contribution is 6.07. The van der Waals surface area contributed by atoms with E-state index in [0.29, 0.717) is 5.69 Å². The largest absolute Gasteiger partial charge is 0.507 e. The van der Waals surface area contributed by atoms with Crippen molar-refractivity contribution in [1.82, 2.24) is 4.98 Å². The van der Waals surface area contributed by atoms with Gasteiger partial charge < -0.3 is 21.3 Å². The van der Waals surface area contributed by atoms with Crippen molar-refractivity contribution in [3.8, 4) is 11.5 Å². The number of carbonyl (C=O) groups is 1. The fraction of sp³-hybridized carbons (Fsp3) is 0. The molecule has 5 N–H and O–H groups in total. The van der Waals surface area contributed by atoms with Gasteiger partial charge >= 0.3 is 0 Å². The molecule has 0 atom stereocenters. The van der Waals surface area contributed by atoms with E-state index in [-0.39, 0.29) is 22.9 Å². The van der Waals surface area contributed by atoms with E-state index in [1.165, 1.54) is 30.5 Å². The molecule has 1 amide bonds. The maximum Gasteiger partial charge on any atom is 0.264 e. The SMILES string of the molecule is Nc1ccc(NC(=O)c2c(O)cccc2O)nc1. The minimum atomic E-state index is -0.650. The summed E-state index contributed by atoms with van der Waals surface area (Å²) < 4.78 is 0. The molecule has 6 nitrogen and oxygen atoms in total. The van der Waals surface area contributed by atoms with Crippen LogP contribution in [0.15, 0.2) is 36.5 Å². The van der Waals surface area contributed by atoms with Crippen molar-refractivity contribution in [2.45, 2.75) is 0 Å². The summed E-state index contributed by atoms with van der Waals surface area (Å²) >= 11 is 0. The van der Waals surface area contributed by atoms with Crippen molar-refractivity contribution in [3.05, 3.63) is 42.1 Å². The molecule has 0 aliphatic rings. The number of nitrogens with zero attached hydrogens (tertiary/aromatic N) is 1. The zero-order valence-electron chi connectivity index (χ0n) is 9.29. The van der Waals surface area contributed by atoms with E-state index in [2.05, 4.69) is 10.3 Å². The van der Waals surface area contributed by atoms with Crippen LogP contribution in [0.5, 0.6) is 11.5 Å². The Labute approximate surface area is 103 Å². The number of rotatable bonds is 2. The molecule has 1 heterocycles. The smallest absolute Gasteiger partial charge is 0.264 e. The second-order valence-electron chi connectivity index (χ2n) is 3.60. The van der Waals surface area contributed by atoms with E-state index in [1.807, 2.05) is 0 Å². The number of phenolic OH excluding ortho intramolecular Hbond substituents is 2. The van der Waals surface area contributed by atoms with Crippen molar-refractivity contribution < 1.29 is 15.0 Å². The Morgan fingerprint density at radius 3 is 2.39 bits per heavy atom. The molecule has 0 bridgehead atoms. The van der Waals surface area contributed by atoms with Crippen LogP contribution in [0.4, 0.5) is 11.5 Å². The van der Waals surface area contributed by atoms with Gasteiger partial charge in [0.2, 0.25) is 0 Å². The molecule has 92 valence electrons. The lowest BCUT2D eigenvalue weighted by atomic mass is 10.1. The summed E-state index contributed by atoms with van der Waals surface area (Å²) in [5.41, 5.74) is 5.73. The predicted octanol–water partition coefficient (Wildman–Crippen LogP) is 1.33. The zero-order valence-corrected chi connectivity index (χ0v) is 9.29. The third kappa shape index (κ3) is 2.32. The van der Waals surface area contributed by atoms with Gasteiger partial charge in [-0.3, -0.25) is 4.79 Å². The molecule has 0 aliphatic heterocycles. The van der Waals surface area contributed by atoms with Gasteiger partial charge in [0.05, 0.1) is 11.9 Å². The number of nitrogen functional groups attached to an aromatic ring is 1. The zero-order chi connectivity index (χ0) is 13.1. The van der Waals surface area contributed by atoms with Crippen LogP contribution < -0.4 is 11.1 Å². The molecule has 1 aromatic heterocycles. The highest BCUT2D eigenvalue weighted by atomic mass is 16.3. The molecule has 6 heteroatoms. The maximum absolute atomic E-state index is 11.8. The Kier molecular flexibility index (Phi) is 3.01. The van der Waals surface area contributed by atoms with Crippen LogP contribution in [0.25, 0.3) is 0 Å². The molecule has 0 spiro atoms. The first-order valence-electron chi connectivity index (χ1n) is 5.12. The van der Waals surface area contributed by atoms with Gasteiger partial charge in [-0.15, -0.1) is 0 Å². The van der Waals surface area contributed by atoms with Crippen molar-refractivity contribution in [2.24, 2.45) is 0 Å². The van der Waals surface area contributed by atoms with Gasteiger partial charge in [-0.1, -0.05) is 6.07 Å². The summed E-state index contributed by atoms with van der Waals surface area (Å²) in [5.74, 6) is -0.981. The average Bonchev–Trinajstić information content (AvgIpc) is 2.32. The highest BCUT2D eigenvalue weighted by Gasteiger charge is 2.16. The second-order valence-corrected chi connectivity index (χ2v) is 3.60. The van der Waals surface area contributed by atoms with Crippen LogP contribution in [0, 0.1) is 0 Å². The number of anilines is 2. The Balaban J connectivity index is 2.25. The number of amides is 1. The van der Waals surface area contributed by atoms with Crippen LogP contribution in [0.3, 0.4) is 0 Å². The summed E-state index contributed by atoms with van der Waals surface area (Å²) in [7, 11) is 0. The molecule has 0 fully saturated rings. The first kappa shape index (κ1) is 11.7. The van der Waals surface area contributed by atoms with Crippen LogP contribution in [0.2, 0.25) is 0 Å². The highest BCUT2D eigenvalue weighted by Crippen LogP contribution is 2.26. The number of aromatic nitrogens is 1.